The average molecular weight is 224 g/mol. The van der Waals surface area contributed by atoms with Gasteiger partial charge in [0, 0.05) is 6.42 Å². The molecular formula is C12H23F3. The van der Waals surface area contributed by atoms with Gasteiger partial charge >= 0.3 is 0 Å². The lowest BCUT2D eigenvalue weighted by atomic mass is 10.0. The Labute approximate surface area is 91.3 Å². The summed E-state index contributed by atoms with van der Waals surface area (Å²) in [6, 6.07) is 0. The van der Waals surface area contributed by atoms with Crippen LogP contribution in [0.1, 0.15) is 65.2 Å². The van der Waals surface area contributed by atoms with Gasteiger partial charge in [-0.3, -0.25) is 0 Å². The number of rotatable bonds is 9. The van der Waals surface area contributed by atoms with Crippen LogP contribution < -0.4 is 0 Å². The molecule has 1 unspecified atom stereocenters. The van der Waals surface area contributed by atoms with E-state index >= 15 is 0 Å². The van der Waals surface area contributed by atoms with Crippen LogP contribution in [0.2, 0.25) is 0 Å². The maximum absolute atomic E-state index is 13.2. The van der Waals surface area contributed by atoms with Crippen LogP contribution in [0, 0.1) is 0 Å². The van der Waals surface area contributed by atoms with E-state index in [1.54, 1.807) is 0 Å². The van der Waals surface area contributed by atoms with E-state index in [4.69, 9.17) is 0 Å². The van der Waals surface area contributed by atoms with Crippen LogP contribution in [0.5, 0.6) is 0 Å². The molecule has 0 radical (unpaired) electrons. The Morgan fingerprint density at radius 2 is 1.53 bits per heavy atom. The van der Waals surface area contributed by atoms with Crippen LogP contribution in [0.4, 0.5) is 13.2 Å². The van der Waals surface area contributed by atoms with Crippen molar-refractivity contribution in [1.29, 1.82) is 0 Å². The molecule has 15 heavy (non-hydrogen) atoms. The van der Waals surface area contributed by atoms with Crippen molar-refractivity contribution < 1.29 is 13.2 Å². The minimum Gasteiger partial charge on any atom is -0.241 e. The normalized spacial score (nSPS) is 14.2. The van der Waals surface area contributed by atoms with Crippen molar-refractivity contribution in [2.45, 2.75) is 77.3 Å². The van der Waals surface area contributed by atoms with Crippen LogP contribution >= 0.6 is 0 Å². The highest BCUT2D eigenvalue weighted by Crippen LogP contribution is 2.30. The molecule has 0 fully saturated rings. The Morgan fingerprint density at radius 1 is 0.933 bits per heavy atom. The summed E-state index contributed by atoms with van der Waals surface area (Å²) in [7, 11) is 0. The Bertz CT molecular complexity index is 146. The van der Waals surface area contributed by atoms with Gasteiger partial charge in [0.2, 0.25) is 0 Å². The minimum atomic E-state index is -3.11. The number of hydrogen-bond donors (Lipinski definition) is 0. The molecule has 0 nitrogen and oxygen atoms in total. The SMILES string of the molecule is CCCCCCC(F)C(F)(F)CCCC. The van der Waals surface area contributed by atoms with Gasteiger partial charge in [-0.2, -0.15) is 0 Å². The average Bonchev–Trinajstić information content (AvgIpc) is 2.21. The fourth-order valence-corrected chi connectivity index (χ4v) is 1.53. The summed E-state index contributed by atoms with van der Waals surface area (Å²) in [4.78, 5) is 0. The molecule has 0 spiro atoms. The van der Waals surface area contributed by atoms with E-state index < -0.39 is 12.1 Å². The van der Waals surface area contributed by atoms with Gasteiger partial charge in [-0.25, -0.2) is 13.2 Å². The third-order valence-electron chi connectivity index (χ3n) is 2.63. The van der Waals surface area contributed by atoms with Gasteiger partial charge in [-0.05, 0) is 12.8 Å². The van der Waals surface area contributed by atoms with Crippen molar-refractivity contribution in [1.82, 2.24) is 0 Å². The summed E-state index contributed by atoms with van der Waals surface area (Å²) >= 11 is 0. The zero-order chi connectivity index (χ0) is 11.7. The molecule has 0 aliphatic rings. The summed E-state index contributed by atoms with van der Waals surface area (Å²) in [5.74, 6) is -3.11. The number of unbranched alkanes of at least 4 members (excludes halogenated alkanes) is 4. The van der Waals surface area contributed by atoms with Gasteiger partial charge in [-0.15, -0.1) is 0 Å². The predicted octanol–water partition coefficient (Wildman–Crippen LogP) is 5.12. The van der Waals surface area contributed by atoms with Crippen LogP contribution in [-0.2, 0) is 0 Å². The summed E-state index contributed by atoms with van der Waals surface area (Å²) in [6.07, 6.45) is 2.35. The van der Waals surface area contributed by atoms with Crippen LogP contribution in [0.25, 0.3) is 0 Å². The van der Waals surface area contributed by atoms with Crippen molar-refractivity contribution in [3.05, 3.63) is 0 Å². The van der Waals surface area contributed by atoms with Crippen LogP contribution in [-0.4, -0.2) is 12.1 Å². The van der Waals surface area contributed by atoms with E-state index in [0.29, 0.717) is 19.3 Å². The molecule has 0 amide bonds. The van der Waals surface area contributed by atoms with Crippen molar-refractivity contribution >= 4 is 0 Å². The van der Waals surface area contributed by atoms with Crippen LogP contribution in [0.3, 0.4) is 0 Å². The lowest BCUT2D eigenvalue weighted by Gasteiger charge is -2.20. The first-order valence-electron chi connectivity index (χ1n) is 6.06. The fraction of sp³-hybridized carbons (Fsp3) is 1.00. The maximum atomic E-state index is 13.2. The second-order valence-corrected chi connectivity index (χ2v) is 4.18. The molecule has 0 aliphatic heterocycles. The highest BCUT2D eigenvalue weighted by molar-refractivity contribution is 4.76. The molecule has 1 atom stereocenters. The molecule has 0 N–H and O–H groups in total. The van der Waals surface area contributed by atoms with Crippen molar-refractivity contribution in [2.24, 2.45) is 0 Å². The molecule has 0 heterocycles. The summed E-state index contributed by atoms with van der Waals surface area (Å²) < 4.78 is 39.5. The Balaban J connectivity index is 3.70. The number of hydrogen-bond acceptors (Lipinski definition) is 0. The van der Waals surface area contributed by atoms with Crippen molar-refractivity contribution in [3.8, 4) is 0 Å². The molecule has 0 aromatic rings. The summed E-state index contributed by atoms with van der Waals surface area (Å²) in [5, 5.41) is 0. The fourth-order valence-electron chi connectivity index (χ4n) is 1.53. The second kappa shape index (κ2) is 8.00. The van der Waals surface area contributed by atoms with E-state index in [2.05, 4.69) is 0 Å². The molecule has 0 saturated heterocycles. The van der Waals surface area contributed by atoms with Gasteiger partial charge in [0.25, 0.3) is 5.92 Å². The predicted molar refractivity (Wildman–Crippen MR) is 58.1 cm³/mol. The van der Waals surface area contributed by atoms with Crippen molar-refractivity contribution in [2.75, 3.05) is 0 Å². The van der Waals surface area contributed by atoms with E-state index in [1.807, 2.05) is 13.8 Å². The third kappa shape index (κ3) is 6.80. The second-order valence-electron chi connectivity index (χ2n) is 4.18. The quantitative estimate of drug-likeness (QED) is 0.477. The highest BCUT2D eigenvalue weighted by Gasteiger charge is 2.38. The topological polar surface area (TPSA) is 0 Å². The van der Waals surface area contributed by atoms with E-state index in [-0.39, 0.29) is 12.8 Å². The minimum absolute atomic E-state index is 0.0106. The zero-order valence-corrected chi connectivity index (χ0v) is 9.87. The Morgan fingerprint density at radius 3 is 2.07 bits per heavy atom. The summed E-state index contributed by atoms with van der Waals surface area (Å²) in [6.45, 7) is 3.88. The molecule has 0 saturated carbocycles. The summed E-state index contributed by atoms with van der Waals surface area (Å²) in [5.41, 5.74) is 0. The highest BCUT2D eigenvalue weighted by atomic mass is 19.3. The number of alkyl halides is 3. The molecule has 0 aliphatic carbocycles. The largest absolute Gasteiger partial charge is 0.278 e. The van der Waals surface area contributed by atoms with Crippen LogP contribution in [0.15, 0.2) is 0 Å². The first kappa shape index (κ1) is 14.8. The molecule has 0 rings (SSSR count). The standard InChI is InChI=1S/C12H23F3/c1-3-5-7-8-9-11(13)12(14,15)10-6-4-2/h11H,3-10H2,1-2H3. The van der Waals surface area contributed by atoms with Crippen molar-refractivity contribution in [3.63, 3.8) is 0 Å². The third-order valence-corrected chi connectivity index (χ3v) is 2.63. The lowest BCUT2D eigenvalue weighted by Crippen LogP contribution is -2.29. The van der Waals surface area contributed by atoms with Gasteiger partial charge in [0.15, 0.2) is 6.17 Å². The Kier molecular flexibility index (Phi) is 7.89. The molecular weight excluding hydrogens is 201 g/mol. The van der Waals surface area contributed by atoms with Gasteiger partial charge in [0.05, 0.1) is 0 Å². The first-order chi connectivity index (χ1) is 7.04. The molecule has 0 aromatic carbocycles. The van der Waals surface area contributed by atoms with Gasteiger partial charge in [-0.1, -0.05) is 46.0 Å². The van der Waals surface area contributed by atoms with Gasteiger partial charge < -0.3 is 0 Å². The van der Waals surface area contributed by atoms with Gasteiger partial charge in [0.1, 0.15) is 0 Å². The van der Waals surface area contributed by atoms with E-state index in [9.17, 15) is 13.2 Å². The molecule has 3 heteroatoms. The number of halogens is 3. The zero-order valence-electron chi connectivity index (χ0n) is 9.87. The molecule has 0 aromatic heterocycles. The monoisotopic (exact) mass is 224 g/mol. The first-order valence-corrected chi connectivity index (χ1v) is 6.06. The molecule has 92 valence electrons. The molecule has 0 bridgehead atoms. The van der Waals surface area contributed by atoms with E-state index in [0.717, 1.165) is 19.3 Å². The maximum Gasteiger partial charge on any atom is 0.278 e. The lowest BCUT2D eigenvalue weighted by molar-refractivity contribution is -0.0829. The van der Waals surface area contributed by atoms with E-state index in [1.165, 1.54) is 0 Å². The Hall–Kier alpha value is -0.210. The smallest absolute Gasteiger partial charge is 0.241 e.